The summed E-state index contributed by atoms with van der Waals surface area (Å²) in [7, 11) is 3.70. The van der Waals surface area contributed by atoms with Crippen LogP contribution in [-0.2, 0) is 38.0 Å². The number of hydrogen-bond acceptors (Lipinski definition) is 14. The van der Waals surface area contributed by atoms with E-state index in [0.717, 1.165) is 15.9 Å². The van der Waals surface area contributed by atoms with Gasteiger partial charge in [0.05, 0.1) is 35.9 Å². The predicted molar refractivity (Wildman–Crippen MR) is 287 cm³/mol. The minimum absolute atomic E-state index is 0.0309. The average molecular weight is 1060 g/mol. The Kier molecular flexibility index (Phi) is 22.3. The van der Waals surface area contributed by atoms with Crippen molar-refractivity contribution in [2.75, 3.05) is 66.4 Å². The molecule has 0 spiro atoms. The molecule has 2 aliphatic rings. The number of likely N-dealkylation sites (N-methyl/N-ethyl adjacent to an activating group) is 1. The molecule has 17 heteroatoms. The van der Waals surface area contributed by atoms with Crippen LogP contribution >= 0.6 is 17.2 Å². The first-order valence-corrected chi connectivity index (χ1v) is 29.4. The van der Waals surface area contributed by atoms with Gasteiger partial charge in [-0.3, -0.25) is 9.59 Å². The van der Waals surface area contributed by atoms with Gasteiger partial charge in [0.15, 0.2) is 6.29 Å². The van der Waals surface area contributed by atoms with E-state index in [1.807, 2.05) is 87.4 Å². The Bertz CT molecular complexity index is 2040. The molecule has 0 aliphatic carbocycles. The molecule has 5 rings (SSSR count). The Balaban J connectivity index is 1.22. The molecule has 0 aromatic heterocycles. The molecule has 1 amide bonds. The summed E-state index contributed by atoms with van der Waals surface area (Å²) in [5.41, 5.74) is -3.74. The van der Waals surface area contributed by atoms with Gasteiger partial charge < -0.3 is 49.5 Å². The normalized spacial score (nSPS) is 32.8. The zero-order valence-electron chi connectivity index (χ0n) is 44.8. The van der Waals surface area contributed by atoms with Gasteiger partial charge in [0, 0.05) is 18.5 Å². The minimum Gasteiger partial charge on any atom is -0.388 e. The van der Waals surface area contributed by atoms with Gasteiger partial charge in [-0.05, 0) is 73.9 Å². The van der Waals surface area contributed by atoms with E-state index < -0.39 is 83.7 Å². The van der Waals surface area contributed by atoms with Crippen molar-refractivity contribution in [3.8, 4) is 0 Å². The molecule has 0 unspecified atom stereocenters. The molecule has 2 fully saturated rings. The van der Waals surface area contributed by atoms with Gasteiger partial charge in [-0.1, -0.05) is 20.8 Å². The first-order valence-electron chi connectivity index (χ1n) is 26.1. The molecule has 2 heterocycles. The fourth-order valence-electron chi connectivity index (χ4n) is 11.0. The summed E-state index contributed by atoms with van der Waals surface area (Å²) in [6.07, 6.45) is -6.78. The third-order valence-electron chi connectivity index (χ3n) is 15.2. The molecule has 0 radical (unpaired) electrons. The van der Waals surface area contributed by atoms with E-state index in [1.165, 1.54) is 18.7 Å². The summed E-state index contributed by atoms with van der Waals surface area (Å²) in [5, 5.41) is 62.6. The number of cyclic esters (lactones) is 1. The smallest absolute Gasteiger partial charge is 0.126 e. The van der Waals surface area contributed by atoms with E-state index in [9.17, 15) is 35.1 Å². The number of benzene rings is 3. The minimum atomic E-state index is -3.46. The second kappa shape index (κ2) is 26.8. The molecule has 5 N–H and O–H groups in total. The van der Waals surface area contributed by atoms with E-state index in [-0.39, 0.29) is 63.7 Å². The van der Waals surface area contributed by atoms with Gasteiger partial charge in [-0.25, -0.2) is 0 Å². The monoisotopic (exact) mass is 1060 g/mol. The van der Waals surface area contributed by atoms with Crippen molar-refractivity contribution in [2.45, 2.75) is 147 Å². The number of esters is 1. The Morgan fingerprint density at radius 3 is 1.77 bits per heavy atom. The number of nitrogens with zero attached hydrogens (tertiary/aromatic N) is 2. The summed E-state index contributed by atoms with van der Waals surface area (Å²) in [5.74, 6) is -7.18. The zero-order valence-corrected chi connectivity index (χ0v) is 46.4. The van der Waals surface area contributed by atoms with E-state index in [4.69, 9.17) is 39.7 Å². The van der Waals surface area contributed by atoms with Crippen molar-refractivity contribution in [1.82, 2.24) is 9.80 Å². The fourth-order valence-corrected chi connectivity index (χ4v) is 16.7. The summed E-state index contributed by atoms with van der Waals surface area (Å²) < 4.78 is 36.4. The maximum Gasteiger partial charge on any atom is 0.126 e. The van der Waals surface area contributed by atoms with Crippen LogP contribution in [0.15, 0.2) is 91.0 Å². The molecule has 3 aromatic rings. The van der Waals surface area contributed by atoms with Crippen LogP contribution in [0.1, 0.15) is 81.1 Å². The summed E-state index contributed by atoms with van der Waals surface area (Å²) in [6.45, 7) is 14.7. The van der Waals surface area contributed by atoms with Gasteiger partial charge >= 0.3 is 202 Å². The van der Waals surface area contributed by atoms with E-state index >= 15 is 0 Å². The Morgan fingerprint density at radius 1 is 0.781 bits per heavy atom. The van der Waals surface area contributed by atoms with Gasteiger partial charge in [0.1, 0.15) is 23.9 Å². The molecule has 73 heavy (non-hydrogen) atoms. The number of aliphatic hydroxyl groups is 5. The molecular formula is C56H86ClN2O13P. The third-order valence-corrected chi connectivity index (χ3v) is 22.6. The van der Waals surface area contributed by atoms with Crippen LogP contribution in [0.25, 0.3) is 0 Å². The van der Waals surface area contributed by atoms with Crippen molar-refractivity contribution >= 4 is 45.0 Å². The Morgan fingerprint density at radius 2 is 1.27 bits per heavy atom. The van der Waals surface area contributed by atoms with Crippen molar-refractivity contribution in [3.63, 3.8) is 0 Å². The van der Waals surface area contributed by atoms with Crippen LogP contribution in [0, 0.1) is 17.8 Å². The zero-order chi connectivity index (χ0) is 53.8. The van der Waals surface area contributed by atoms with E-state index in [1.54, 1.807) is 27.7 Å². The van der Waals surface area contributed by atoms with E-state index in [2.05, 4.69) is 36.4 Å². The van der Waals surface area contributed by atoms with Crippen LogP contribution in [0.4, 0.5) is 0 Å². The summed E-state index contributed by atoms with van der Waals surface area (Å²) in [6, 6.07) is 29.4. The topological polar surface area (TPSA) is 197 Å². The molecule has 14 atom stereocenters. The second-order valence-electron chi connectivity index (χ2n) is 21.2. The van der Waals surface area contributed by atoms with Crippen LogP contribution < -0.4 is 15.9 Å². The maximum absolute atomic E-state index is 14.2. The molecule has 0 saturated carbocycles. The number of carbonyl (C=O) groups is 2. The van der Waals surface area contributed by atoms with Crippen LogP contribution in [0.5, 0.6) is 0 Å². The third kappa shape index (κ3) is 14.5. The molecular weight excluding hydrogens is 975 g/mol. The predicted octanol–water partition coefficient (Wildman–Crippen LogP) is 5.00. The standard InChI is InChI=1S/C56H86ClN2O13P/c1-11-47-56(8,66)51(63)42(6)59(37-38(2)36-55(7,65)52(40(4)49(61)41(5)53(64)71-47)72-54-50(62)46(58(9)10)35-39(3)70-54)48(60)27-28-67-29-30-68-31-32-69-33-34-73(57,43-21-15-12-16-22-43,44-23-17-13-18-24-44)45-25-19-14-20-26-45/h12-26,38-42,46-47,49-52,54,61-63,65-66H,11,27-37H2,1-10H3/t38-,39-,40+,41-,42-,46+,47-,49+,50-,51-,52-,54+,55-,56-/m1/s1. The van der Waals surface area contributed by atoms with Crippen molar-refractivity contribution in [1.29, 1.82) is 0 Å². The molecule has 15 nitrogen and oxygen atoms in total. The first kappa shape index (κ1) is 60.7. The number of ether oxygens (including phenoxy) is 6. The second-order valence-corrected chi connectivity index (χ2v) is 27.8. The quantitative estimate of drug-likeness (QED) is 0.0612. The Labute approximate surface area is 439 Å². The number of rotatable bonds is 19. The van der Waals surface area contributed by atoms with Gasteiger partial charge in [-0.15, -0.1) is 0 Å². The largest absolute Gasteiger partial charge is 0.388 e. The van der Waals surface area contributed by atoms with Crippen LogP contribution in [0.3, 0.4) is 0 Å². The van der Waals surface area contributed by atoms with Crippen molar-refractivity contribution < 1.29 is 63.5 Å². The van der Waals surface area contributed by atoms with Crippen LogP contribution in [0.2, 0.25) is 0 Å². The summed E-state index contributed by atoms with van der Waals surface area (Å²) >= 11 is 8.15. The number of halogens is 1. The molecule has 0 bridgehead atoms. The summed E-state index contributed by atoms with van der Waals surface area (Å²) in [4.78, 5) is 31.3. The fraction of sp³-hybridized carbons (Fsp3) is 0.643. The number of aliphatic hydroxyl groups excluding tert-OH is 3. The van der Waals surface area contributed by atoms with Gasteiger partial charge in [0.2, 0.25) is 0 Å². The maximum atomic E-state index is 14.2. The van der Waals surface area contributed by atoms with Crippen LogP contribution in [-0.4, -0.2) is 180 Å². The number of hydrogen-bond donors (Lipinski definition) is 5. The number of carbonyl (C=O) groups excluding carboxylic acids is 2. The van der Waals surface area contributed by atoms with Gasteiger partial charge in [0.25, 0.3) is 0 Å². The van der Waals surface area contributed by atoms with Crippen molar-refractivity contribution in [3.05, 3.63) is 91.0 Å². The van der Waals surface area contributed by atoms with E-state index in [0.29, 0.717) is 32.4 Å². The molecule has 410 valence electrons. The first-order chi connectivity index (χ1) is 34.5. The van der Waals surface area contributed by atoms with Gasteiger partial charge in [-0.2, -0.15) is 0 Å². The number of amides is 1. The SMILES string of the molecule is CC[C@H]1OC(=O)[C@H](C)[C@@H](O)[C@H](C)[C@@H](O[C@@H]2O[C@H](C)C[C@H](N(C)C)[C@H]2O)[C@](C)(O)C[C@@H](C)CN(C(=O)CCOCCOCCOCCP(Cl)(c2ccccc2)(c2ccccc2)c2ccccc2)[C@H](C)[C@@H](O)[C@]1(C)O. The van der Waals surface area contributed by atoms with Crippen molar-refractivity contribution in [2.24, 2.45) is 17.8 Å². The molecule has 2 aliphatic heterocycles. The Hall–Kier alpha value is -3.12. The average Bonchev–Trinajstić information content (AvgIpc) is 3.37. The molecule has 2 saturated heterocycles. The molecule has 3 aromatic carbocycles.